The maximum atomic E-state index is 12.4. The van der Waals surface area contributed by atoms with Crippen molar-refractivity contribution in [2.75, 3.05) is 19.8 Å². The van der Waals surface area contributed by atoms with Crippen LogP contribution in [0.3, 0.4) is 0 Å². The van der Waals surface area contributed by atoms with Gasteiger partial charge < -0.3 is 28.8 Å². The molecular formula is C44H52O10. The van der Waals surface area contributed by atoms with Crippen LogP contribution in [0.2, 0.25) is 0 Å². The van der Waals surface area contributed by atoms with E-state index < -0.39 is 34.7 Å². The van der Waals surface area contributed by atoms with E-state index in [9.17, 15) is 24.3 Å². The minimum Gasteiger partial charge on any atom is -0.489 e. The minimum atomic E-state index is -1.58. The number of aliphatic carboxylic acids is 1. The molecule has 0 aliphatic rings. The first kappa shape index (κ1) is 42.8. The maximum Gasteiger partial charge on any atom is 0.323 e. The molecule has 54 heavy (non-hydrogen) atoms. The molecular weight excluding hydrogens is 688 g/mol. The average molecular weight is 741 g/mol. The number of aryl methyl sites for hydroxylation is 2. The molecule has 0 radical (unpaired) electrons. The highest BCUT2D eigenvalue weighted by Gasteiger charge is 2.44. The number of rotatable bonds is 19. The summed E-state index contributed by atoms with van der Waals surface area (Å²) >= 11 is 0. The molecule has 0 fully saturated rings. The molecule has 0 heterocycles. The van der Waals surface area contributed by atoms with E-state index in [1.165, 1.54) is 6.92 Å². The van der Waals surface area contributed by atoms with Gasteiger partial charge in [-0.1, -0.05) is 97.1 Å². The molecule has 0 amide bonds. The van der Waals surface area contributed by atoms with Crippen LogP contribution in [0.1, 0.15) is 69.7 Å². The first-order valence-electron chi connectivity index (χ1n) is 18.2. The molecule has 1 unspecified atom stereocenters. The predicted octanol–water partition coefficient (Wildman–Crippen LogP) is 8.18. The monoisotopic (exact) mass is 740 g/mol. The van der Waals surface area contributed by atoms with Gasteiger partial charge in [-0.3, -0.25) is 19.2 Å². The smallest absolute Gasteiger partial charge is 0.323 e. The molecule has 10 nitrogen and oxygen atoms in total. The summed E-state index contributed by atoms with van der Waals surface area (Å²) in [4.78, 5) is 48.6. The number of hydrogen-bond donors (Lipinski definition) is 1. The number of hydrogen-bond acceptors (Lipinski definition) is 9. The van der Waals surface area contributed by atoms with Gasteiger partial charge in [0.1, 0.15) is 24.7 Å². The van der Waals surface area contributed by atoms with E-state index in [1.807, 2.05) is 109 Å². The first-order valence-corrected chi connectivity index (χ1v) is 18.2. The van der Waals surface area contributed by atoms with Gasteiger partial charge in [-0.25, -0.2) is 0 Å². The van der Waals surface area contributed by atoms with Gasteiger partial charge in [-0.2, -0.15) is 0 Å². The summed E-state index contributed by atoms with van der Waals surface area (Å²) in [6.45, 7) is 9.53. The number of ether oxygens (including phenoxy) is 5. The van der Waals surface area contributed by atoms with Gasteiger partial charge in [0.05, 0.1) is 19.8 Å². The molecule has 288 valence electrons. The molecule has 1 N–H and O–H groups in total. The summed E-state index contributed by atoms with van der Waals surface area (Å²) in [5.74, 6) is -1.59. The van der Waals surface area contributed by atoms with Crippen molar-refractivity contribution in [2.45, 2.75) is 73.5 Å². The molecule has 0 aliphatic heterocycles. The second kappa shape index (κ2) is 21.8. The van der Waals surface area contributed by atoms with Crippen molar-refractivity contribution in [2.24, 2.45) is 10.8 Å². The summed E-state index contributed by atoms with van der Waals surface area (Å²) < 4.78 is 27.1. The molecule has 0 saturated carbocycles. The lowest BCUT2D eigenvalue weighted by atomic mass is 9.84. The lowest BCUT2D eigenvalue weighted by Crippen LogP contribution is -2.40. The zero-order valence-electron chi connectivity index (χ0n) is 31.9. The van der Waals surface area contributed by atoms with Crippen LogP contribution in [0.25, 0.3) is 0 Å². The van der Waals surface area contributed by atoms with Gasteiger partial charge in [-0.05, 0) is 94.7 Å². The maximum absolute atomic E-state index is 12.4. The second-order valence-corrected chi connectivity index (χ2v) is 12.9. The van der Waals surface area contributed by atoms with E-state index in [4.69, 9.17) is 23.7 Å². The van der Waals surface area contributed by atoms with Crippen LogP contribution in [0, 0.1) is 10.8 Å². The lowest BCUT2D eigenvalue weighted by Gasteiger charge is -2.25. The van der Waals surface area contributed by atoms with Crippen LogP contribution in [-0.2, 0) is 59.4 Å². The third kappa shape index (κ3) is 12.5. The van der Waals surface area contributed by atoms with E-state index in [1.54, 1.807) is 27.7 Å². The van der Waals surface area contributed by atoms with Gasteiger partial charge in [0.15, 0.2) is 10.8 Å². The standard InChI is InChI=1S/C23H28O5.C21H24O5/c1-4-26-21(24)23(3,22(25)27-5-2)16-15-19-13-9-10-14-20(19)28-17-18-11-7-6-8-12-18;1-3-25-20(24)21(2,19(22)23)14-13-17-11-7-8-12-18(17)26-15-16-9-5-4-6-10-16/h6-14H,4-5,15-17H2,1-3H3;4-12H,3,13-15H2,1-2H3,(H,22,23). The largest absolute Gasteiger partial charge is 0.489 e. The Hall–Kier alpha value is -5.64. The molecule has 4 rings (SSSR count). The van der Waals surface area contributed by atoms with E-state index in [0.717, 1.165) is 28.0 Å². The number of esters is 3. The molecule has 0 spiro atoms. The predicted molar refractivity (Wildman–Crippen MR) is 205 cm³/mol. The molecule has 0 bridgehead atoms. The number of para-hydroxylation sites is 2. The molecule has 4 aromatic rings. The third-order valence-corrected chi connectivity index (χ3v) is 8.86. The Morgan fingerprint density at radius 3 is 1.20 bits per heavy atom. The summed E-state index contributed by atoms with van der Waals surface area (Å²) in [6.07, 6.45) is 1.29. The highest BCUT2D eigenvalue weighted by atomic mass is 16.6. The van der Waals surface area contributed by atoms with Crippen LogP contribution >= 0.6 is 0 Å². The minimum absolute atomic E-state index is 0.132. The highest BCUT2D eigenvalue weighted by molar-refractivity contribution is 5.99. The zero-order chi connectivity index (χ0) is 39.4. The van der Waals surface area contributed by atoms with Crippen LogP contribution in [0.15, 0.2) is 109 Å². The van der Waals surface area contributed by atoms with Crippen LogP contribution in [0.4, 0.5) is 0 Å². The first-order chi connectivity index (χ1) is 26.0. The van der Waals surface area contributed by atoms with Crippen molar-refractivity contribution in [3.8, 4) is 11.5 Å². The topological polar surface area (TPSA) is 135 Å². The Morgan fingerprint density at radius 2 is 0.833 bits per heavy atom. The Labute approximate surface area is 318 Å². The third-order valence-electron chi connectivity index (χ3n) is 8.86. The zero-order valence-corrected chi connectivity index (χ0v) is 31.9. The fourth-order valence-electron chi connectivity index (χ4n) is 5.40. The van der Waals surface area contributed by atoms with E-state index in [2.05, 4.69) is 0 Å². The van der Waals surface area contributed by atoms with Crippen LogP contribution in [0.5, 0.6) is 11.5 Å². The SMILES string of the molecule is CCOC(=O)C(C)(CCc1ccccc1OCc1ccccc1)C(=O)O.CCOC(=O)C(C)(CCc1ccccc1OCc1ccccc1)C(=O)OCC. The van der Waals surface area contributed by atoms with Gasteiger partial charge >= 0.3 is 23.9 Å². The van der Waals surface area contributed by atoms with Gasteiger partial charge in [0.2, 0.25) is 0 Å². The van der Waals surface area contributed by atoms with Crippen LogP contribution < -0.4 is 9.47 Å². The number of benzene rings is 4. The van der Waals surface area contributed by atoms with Crippen molar-refractivity contribution in [3.05, 3.63) is 131 Å². The van der Waals surface area contributed by atoms with Crippen molar-refractivity contribution < 1.29 is 48.0 Å². The lowest BCUT2D eigenvalue weighted by molar-refractivity contribution is -0.171. The molecule has 0 aliphatic carbocycles. The molecule has 4 aromatic carbocycles. The van der Waals surface area contributed by atoms with Crippen LogP contribution in [-0.4, -0.2) is 48.8 Å². The quantitative estimate of drug-likeness (QED) is 0.0570. The Balaban J connectivity index is 0.000000291. The Morgan fingerprint density at radius 1 is 0.500 bits per heavy atom. The van der Waals surface area contributed by atoms with Gasteiger partial charge in [0.25, 0.3) is 0 Å². The average Bonchev–Trinajstić information content (AvgIpc) is 3.19. The number of carboxylic acids is 1. The van der Waals surface area contributed by atoms with E-state index in [0.29, 0.717) is 31.8 Å². The summed E-state index contributed by atoms with van der Waals surface area (Å²) in [5.41, 5.74) is 0.976. The number of carboxylic acid groups (broad SMARTS) is 1. The number of carbonyl (C=O) groups excluding carboxylic acids is 3. The van der Waals surface area contributed by atoms with Gasteiger partial charge in [0, 0.05) is 0 Å². The fourth-order valence-corrected chi connectivity index (χ4v) is 5.40. The van der Waals surface area contributed by atoms with Crippen molar-refractivity contribution in [1.29, 1.82) is 0 Å². The van der Waals surface area contributed by atoms with E-state index in [-0.39, 0.29) is 32.7 Å². The van der Waals surface area contributed by atoms with E-state index >= 15 is 0 Å². The summed E-state index contributed by atoms with van der Waals surface area (Å²) in [6, 6.07) is 34.8. The number of carbonyl (C=O) groups is 4. The Bertz CT molecular complexity index is 1750. The fraction of sp³-hybridized carbons (Fsp3) is 0.364. The van der Waals surface area contributed by atoms with Crippen molar-refractivity contribution in [1.82, 2.24) is 0 Å². The van der Waals surface area contributed by atoms with Crippen molar-refractivity contribution in [3.63, 3.8) is 0 Å². The molecule has 0 aromatic heterocycles. The highest BCUT2D eigenvalue weighted by Crippen LogP contribution is 2.31. The molecule has 0 saturated heterocycles. The second-order valence-electron chi connectivity index (χ2n) is 12.9. The summed E-state index contributed by atoms with van der Waals surface area (Å²) in [7, 11) is 0. The normalized spacial score (nSPS) is 11.9. The molecule has 10 heteroatoms. The molecule has 1 atom stereocenters. The summed E-state index contributed by atoms with van der Waals surface area (Å²) in [5, 5.41) is 9.50. The van der Waals surface area contributed by atoms with Gasteiger partial charge in [-0.15, -0.1) is 0 Å². The Kier molecular flexibility index (Phi) is 17.3. The van der Waals surface area contributed by atoms with Crippen molar-refractivity contribution >= 4 is 23.9 Å².